The molecule has 1 aliphatic heterocycles. The van der Waals surface area contributed by atoms with E-state index in [1.807, 2.05) is 58.0 Å². The minimum absolute atomic E-state index is 0.0653. The normalized spacial score (nSPS) is 19.5. The summed E-state index contributed by atoms with van der Waals surface area (Å²) in [5.41, 5.74) is 1.46. The molecule has 0 aromatic heterocycles. The molecule has 5 nitrogen and oxygen atoms in total. The van der Waals surface area contributed by atoms with Crippen LogP contribution in [0.1, 0.15) is 45.2 Å². The van der Waals surface area contributed by atoms with Gasteiger partial charge in [-0.2, -0.15) is 0 Å². The van der Waals surface area contributed by atoms with Crippen LogP contribution in [0, 0.1) is 0 Å². The van der Waals surface area contributed by atoms with Gasteiger partial charge < -0.3 is 19.5 Å². The SMILES string of the molecule is CC1(C)OB(C(=Cc2ccccc2CCC(=O)O)CO)OC1(C)C. The van der Waals surface area contributed by atoms with Crippen LogP contribution in [0.2, 0.25) is 0 Å². The first-order chi connectivity index (χ1) is 11.2. The molecule has 1 aromatic rings. The van der Waals surface area contributed by atoms with E-state index in [2.05, 4.69) is 0 Å². The summed E-state index contributed by atoms with van der Waals surface area (Å²) < 4.78 is 12.0. The van der Waals surface area contributed by atoms with E-state index in [-0.39, 0.29) is 13.0 Å². The molecule has 0 spiro atoms. The Morgan fingerprint density at radius 1 is 1.17 bits per heavy atom. The molecule has 1 saturated heterocycles. The molecule has 1 aromatic carbocycles. The predicted octanol–water partition coefficient (Wildman–Crippen LogP) is 2.71. The Bertz CT molecular complexity index is 620. The molecule has 1 heterocycles. The van der Waals surface area contributed by atoms with Gasteiger partial charge in [0.2, 0.25) is 0 Å². The van der Waals surface area contributed by atoms with Gasteiger partial charge >= 0.3 is 13.1 Å². The summed E-state index contributed by atoms with van der Waals surface area (Å²) >= 11 is 0. The molecule has 1 fully saturated rings. The van der Waals surface area contributed by atoms with Gasteiger partial charge in [-0.25, -0.2) is 0 Å². The van der Waals surface area contributed by atoms with Gasteiger partial charge in [-0.05, 0) is 50.7 Å². The van der Waals surface area contributed by atoms with Crippen LogP contribution >= 0.6 is 0 Å². The fraction of sp³-hybridized carbons (Fsp3) is 0.500. The minimum atomic E-state index is -0.831. The Kier molecular flexibility index (Phi) is 5.53. The maximum atomic E-state index is 10.8. The summed E-state index contributed by atoms with van der Waals surface area (Å²) in [6, 6.07) is 7.56. The lowest BCUT2D eigenvalue weighted by atomic mass is 9.77. The molecule has 0 radical (unpaired) electrons. The van der Waals surface area contributed by atoms with Crippen molar-refractivity contribution in [3.63, 3.8) is 0 Å². The second-order valence-corrected chi connectivity index (χ2v) is 7.06. The number of carbonyl (C=O) groups is 1. The number of aryl methyl sites for hydroxylation is 1. The summed E-state index contributed by atoms with van der Waals surface area (Å²) in [4.78, 5) is 10.8. The number of carboxylic acids is 1. The number of aliphatic hydroxyl groups is 1. The molecular formula is C18H25BO5. The number of carboxylic acid groups (broad SMARTS) is 1. The van der Waals surface area contributed by atoms with Crippen LogP contribution in [0.5, 0.6) is 0 Å². The smallest absolute Gasteiger partial charge is 0.481 e. The molecule has 0 amide bonds. The summed E-state index contributed by atoms with van der Waals surface area (Å²) in [7, 11) is -0.618. The molecule has 2 N–H and O–H groups in total. The largest absolute Gasteiger partial charge is 0.492 e. The first-order valence-corrected chi connectivity index (χ1v) is 8.13. The summed E-state index contributed by atoms with van der Waals surface area (Å²) in [5, 5.41) is 18.7. The highest BCUT2D eigenvalue weighted by Gasteiger charge is 2.52. The van der Waals surface area contributed by atoms with Crippen molar-refractivity contribution < 1.29 is 24.3 Å². The lowest BCUT2D eigenvalue weighted by Crippen LogP contribution is -2.41. The maximum Gasteiger partial charge on any atom is 0.492 e. The zero-order valence-corrected chi connectivity index (χ0v) is 14.7. The van der Waals surface area contributed by atoms with Gasteiger partial charge in [-0.3, -0.25) is 4.79 Å². The fourth-order valence-corrected chi connectivity index (χ4v) is 2.53. The van der Waals surface area contributed by atoms with Crippen molar-refractivity contribution in [1.29, 1.82) is 0 Å². The van der Waals surface area contributed by atoms with Crippen molar-refractivity contribution in [1.82, 2.24) is 0 Å². The van der Waals surface area contributed by atoms with Gasteiger partial charge in [0, 0.05) is 6.42 Å². The van der Waals surface area contributed by atoms with Gasteiger partial charge in [0.05, 0.1) is 17.8 Å². The van der Waals surface area contributed by atoms with Gasteiger partial charge in [-0.1, -0.05) is 30.3 Å². The van der Waals surface area contributed by atoms with Crippen molar-refractivity contribution in [3.8, 4) is 0 Å². The van der Waals surface area contributed by atoms with Gasteiger partial charge in [0.1, 0.15) is 0 Å². The highest BCUT2D eigenvalue weighted by molar-refractivity contribution is 6.55. The van der Waals surface area contributed by atoms with Gasteiger partial charge in [0.25, 0.3) is 0 Å². The van der Waals surface area contributed by atoms with Crippen molar-refractivity contribution >= 4 is 19.2 Å². The third-order valence-electron chi connectivity index (χ3n) is 4.74. The monoisotopic (exact) mass is 332 g/mol. The van der Waals surface area contributed by atoms with Crippen molar-refractivity contribution in [2.45, 2.75) is 51.7 Å². The topological polar surface area (TPSA) is 76.0 Å². The van der Waals surface area contributed by atoms with E-state index < -0.39 is 24.3 Å². The van der Waals surface area contributed by atoms with Crippen molar-refractivity contribution in [2.75, 3.05) is 6.61 Å². The Labute approximate surface area is 143 Å². The average molecular weight is 332 g/mol. The Balaban J connectivity index is 2.27. The van der Waals surface area contributed by atoms with E-state index in [4.69, 9.17) is 14.4 Å². The average Bonchev–Trinajstić information content (AvgIpc) is 2.71. The lowest BCUT2D eigenvalue weighted by Gasteiger charge is -2.32. The van der Waals surface area contributed by atoms with E-state index in [1.54, 1.807) is 0 Å². The van der Waals surface area contributed by atoms with Gasteiger partial charge in [-0.15, -0.1) is 0 Å². The fourth-order valence-electron chi connectivity index (χ4n) is 2.53. The number of rotatable bonds is 6. The van der Waals surface area contributed by atoms with Crippen LogP contribution in [0.25, 0.3) is 6.08 Å². The molecule has 0 unspecified atom stereocenters. The summed E-state index contributed by atoms with van der Waals surface area (Å²) in [5.74, 6) is -0.831. The summed E-state index contributed by atoms with van der Waals surface area (Å²) in [6.45, 7) is 7.65. The van der Waals surface area contributed by atoms with Crippen LogP contribution < -0.4 is 0 Å². The second-order valence-electron chi connectivity index (χ2n) is 7.06. The number of hydrogen-bond donors (Lipinski definition) is 2. The van der Waals surface area contributed by atoms with Crippen LogP contribution in [-0.2, 0) is 20.5 Å². The van der Waals surface area contributed by atoms with Crippen molar-refractivity contribution in [3.05, 3.63) is 40.9 Å². The van der Waals surface area contributed by atoms with E-state index in [1.165, 1.54) is 0 Å². The lowest BCUT2D eigenvalue weighted by molar-refractivity contribution is -0.136. The van der Waals surface area contributed by atoms with Crippen LogP contribution in [0.15, 0.2) is 29.7 Å². The molecule has 1 aliphatic rings. The van der Waals surface area contributed by atoms with E-state index >= 15 is 0 Å². The third-order valence-corrected chi connectivity index (χ3v) is 4.74. The number of aliphatic hydroxyl groups excluding tert-OH is 1. The highest BCUT2D eigenvalue weighted by atomic mass is 16.7. The molecule has 24 heavy (non-hydrogen) atoms. The Morgan fingerprint density at radius 2 is 1.75 bits per heavy atom. The van der Waals surface area contributed by atoms with Crippen LogP contribution in [-0.4, -0.2) is 41.1 Å². The minimum Gasteiger partial charge on any atom is -0.481 e. The molecule has 130 valence electrons. The Morgan fingerprint density at radius 3 is 2.29 bits per heavy atom. The first kappa shape index (κ1) is 18.7. The van der Waals surface area contributed by atoms with Crippen LogP contribution in [0.3, 0.4) is 0 Å². The number of benzene rings is 1. The Hall–Kier alpha value is -1.63. The molecular weight excluding hydrogens is 307 g/mol. The maximum absolute atomic E-state index is 10.8. The molecule has 2 rings (SSSR count). The summed E-state index contributed by atoms with van der Waals surface area (Å²) in [6.07, 6.45) is 2.33. The number of hydrogen-bond acceptors (Lipinski definition) is 4. The second kappa shape index (κ2) is 7.09. The van der Waals surface area contributed by atoms with E-state index in [0.29, 0.717) is 11.9 Å². The highest BCUT2D eigenvalue weighted by Crippen LogP contribution is 2.38. The van der Waals surface area contributed by atoms with Crippen molar-refractivity contribution in [2.24, 2.45) is 0 Å². The van der Waals surface area contributed by atoms with E-state index in [0.717, 1.165) is 11.1 Å². The molecule has 0 saturated carbocycles. The predicted molar refractivity (Wildman–Crippen MR) is 93.5 cm³/mol. The first-order valence-electron chi connectivity index (χ1n) is 8.13. The molecule has 0 bridgehead atoms. The molecule has 0 aliphatic carbocycles. The quantitative estimate of drug-likeness (QED) is 0.784. The third kappa shape index (κ3) is 4.07. The molecule has 6 heteroatoms. The zero-order chi connectivity index (χ0) is 18.0. The number of aliphatic carboxylic acids is 1. The van der Waals surface area contributed by atoms with Crippen LogP contribution in [0.4, 0.5) is 0 Å². The zero-order valence-electron chi connectivity index (χ0n) is 14.7. The van der Waals surface area contributed by atoms with Gasteiger partial charge in [0.15, 0.2) is 0 Å². The standard InChI is InChI=1S/C18H25BO5/c1-17(2)18(3,4)24-19(23-17)15(12-20)11-14-8-6-5-7-13(14)9-10-16(21)22/h5-8,11,20H,9-10,12H2,1-4H3,(H,21,22). The van der Waals surface area contributed by atoms with E-state index in [9.17, 15) is 9.90 Å². The molecule has 0 atom stereocenters.